The molecule has 2 atom stereocenters. The molecule has 7 nitrogen and oxygen atoms in total. The standard InChI is InChI=1S/C26H26N4O3S/c1-29-8-6-15(10-16(29)14-31)12-30-13-19(17-4-2-3-5-21(17)30)23-22(25(32)28-26(23)33)18-11-27-20-7-9-34-24(18)20/h2-5,7,9,11,13,15-16,27,31H,6,8,10,12,14H2,1H3,(H,28,32,33). The van der Waals surface area contributed by atoms with Crippen LogP contribution in [0.25, 0.3) is 32.3 Å². The molecular weight excluding hydrogens is 448 g/mol. The van der Waals surface area contributed by atoms with Gasteiger partial charge in [-0.15, -0.1) is 11.3 Å². The number of aromatic nitrogens is 2. The average Bonchev–Trinajstić information content (AvgIpc) is 3.58. The van der Waals surface area contributed by atoms with Crippen molar-refractivity contribution >= 4 is 55.4 Å². The normalized spacial score (nSPS) is 21.8. The lowest BCUT2D eigenvalue weighted by Crippen LogP contribution is -2.42. The number of fused-ring (bicyclic) bond motifs is 2. The van der Waals surface area contributed by atoms with Crippen LogP contribution in [-0.2, 0) is 16.1 Å². The number of likely N-dealkylation sites (tertiary alicyclic amines) is 1. The predicted octanol–water partition coefficient (Wildman–Crippen LogP) is 3.45. The second-order valence-corrected chi connectivity index (χ2v) is 10.2. The third-order valence-electron chi connectivity index (χ3n) is 7.32. The fraction of sp³-hybridized carbons (Fsp3) is 0.308. The number of thiophene rings is 1. The number of amides is 2. The van der Waals surface area contributed by atoms with Crippen LogP contribution in [0.3, 0.4) is 0 Å². The van der Waals surface area contributed by atoms with Crippen molar-refractivity contribution in [3.05, 3.63) is 59.2 Å². The number of rotatable bonds is 5. The number of nitrogens with zero attached hydrogens (tertiary/aromatic N) is 2. The third kappa shape index (κ3) is 3.33. The lowest BCUT2D eigenvalue weighted by atomic mass is 9.91. The molecule has 0 spiro atoms. The van der Waals surface area contributed by atoms with Crippen LogP contribution in [0, 0.1) is 5.92 Å². The Morgan fingerprint density at radius 2 is 1.91 bits per heavy atom. The molecule has 1 saturated heterocycles. The molecule has 2 unspecified atom stereocenters. The van der Waals surface area contributed by atoms with Crippen LogP contribution in [0.5, 0.6) is 0 Å². The van der Waals surface area contributed by atoms with E-state index >= 15 is 0 Å². The number of aliphatic hydroxyl groups excluding tert-OH is 1. The van der Waals surface area contributed by atoms with Crippen molar-refractivity contribution in [3.8, 4) is 0 Å². The van der Waals surface area contributed by atoms with Gasteiger partial charge >= 0.3 is 0 Å². The summed E-state index contributed by atoms with van der Waals surface area (Å²) in [5.41, 5.74) is 4.42. The van der Waals surface area contributed by atoms with E-state index in [4.69, 9.17) is 0 Å². The van der Waals surface area contributed by atoms with Gasteiger partial charge in [-0.2, -0.15) is 0 Å². The number of aliphatic hydroxyl groups is 1. The number of hydrogen-bond donors (Lipinski definition) is 3. The molecule has 1 aromatic carbocycles. The molecule has 34 heavy (non-hydrogen) atoms. The number of likely N-dealkylation sites (N-methyl/N-ethyl adjacent to an activating group) is 1. The van der Waals surface area contributed by atoms with E-state index in [1.165, 1.54) is 0 Å². The first kappa shape index (κ1) is 21.3. The molecule has 0 radical (unpaired) electrons. The number of imide groups is 1. The van der Waals surface area contributed by atoms with Gasteiger partial charge in [-0.25, -0.2) is 0 Å². The van der Waals surface area contributed by atoms with Gasteiger partial charge < -0.3 is 19.6 Å². The summed E-state index contributed by atoms with van der Waals surface area (Å²) >= 11 is 1.56. The summed E-state index contributed by atoms with van der Waals surface area (Å²) in [4.78, 5) is 31.5. The maximum Gasteiger partial charge on any atom is 0.259 e. The van der Waals surface area contributed by atoms with Crippen molar-refractivity contribution in [2.75, 3.05) is 20.2 Å². The minimum Gasteiger partial charge on any atom is -0.395 e. The highest BCUT2D eigenvalue weighted by Crippen LogP contribution is 2.40. The van der Waals surface area contributed by atoms with Crippen LogP contribution in [0.15, 0.2) is 48.1 Å². The molecule has 3 aromatic heterocycles. The van der Waals surface area contributed by atoms with Gasteiger partial charge in [0.05, 0.1) is 28.0 Å². The number of carbonyl (C=O) groups is 2. The van der Waals surface area contributed by atoms with E-state index in [0.717, 1.165) is 58.2 Å². The molecule has 0 saturated carbocycles. The monoisotopic (exact) mass is 474 g/mol. The van der Waals surface area contributed by atoms with Crippen molar-refractivity contribution in [2.24, 2.45) is 5.92 Å². The first-order valence-corrected chi connectivity index (χ1v) is 12.5. The zero-order valence-electron chi connectivity index (χ0n) is 18.9. The van der Waals surface area contributed by atoms with E-state index in [-0.39, 0.29) is 24.5 Å². The Hall–Kier alpha value is -3.20. The minimum atomic E-state index is -0.354. The minimum absolute atomic E-state index is 0.164. The lowest BCUT2D eigenvalue weighted by Gasteiger charge is -2.36. The van der Waals surface area contributed by atoms with Crippen LogP contribution in [0.2, 0.25) is 0 Å². The molecule has 174 valence electrons. The van der Waals surface area contributed by atoms with Crippen LogP contribution in [0.4, 0.5) is 0 Å². The third-order valence-corrected chi connectivity index (χ3v) is 8.27. The largest absolute Gasteiger partial charge is 0.395 e. The highest BCUT2D eigenvalue weighted by atomic mass is 32.1. The van der Waals surface area contributed by atoms with Gasteiger partial charge in [0.2, 0.25) is 0 Å². The summed E-state index contributed by atoms with van der Waals surface area (Å²) in [6.45, 7) is 1.93. The molecular formula is C26H26N4O3S. The van der Waals surface area contributed by atoms with Gasteiger partial charge in [0, 0.05) is 47.0 Å². The second kappa shape index (κ2) is 8.23. The molecule has 2 amide bonds. The Kier molecular flexibility index (Phi) is 5.17. The first-order valence-electron chi connectivity index (χ1n) is 11.6. The van der Waals surface area contributed by atoms with Crippen LogP contribution in [-0.4, -0.2) is 57.6 Å². The molecule has 0 bridgehead atoms. The summed E-state index contributed by atoms with van der Waals surface area (Å²) in [7, 11) is 2.07. The van der Waals surface area contributed by atoms with Crippen molar-refractivity contribution in [1.29, 1.82) is 0 Å². The highest BCUT2D eigenvalue weighted by molar-refractivity contribution is 7.17. The number of carbonyl (C=O) groups excluding carboxylic acids is 2. The zero-order chi connectivity index (χ0) is 23.4. The Labute approximate surface area is 200 Å². The van der Waals surface area contributed by atoms with Crippen molar-refractivity contribution < 1.29 is 14.7 Å². The SMILES string of the molecule is CN1CCC(Cn2cc(C3=C(c4c[nH]c5ccsc45)C(=O)NC3=O)c3ccccc32)CC1CO. The number of hydrogen-bond acceptors (Lipinski definition) is 5. The van der Waals surface area contributed by atoms with Gasteiger partial charge in [0.25, 0.3) is 11.8 Å². The maximum atomic E-state index is 13.1. The number of para-hydroxylation sites is 1. The van der Waals surface area contributed by atoms with E-state index < -0.39 is 0 Å². The Morgan fingerprint density at radius 3 is 2.74 bits per heavy atom. The van der Waals surface area contributed by atoms with E-state index in [1.807, 2.05) is 42.0 Å². The van der Waals surface area contributed by atoms with Crippen LogP contribution in [0.1, 0.15) is 24.0 Å². The maximum absolute atomic E-state index is 13.1. The number of benzene rings is 1. The second-order valence-electron chi connectivity index (χ2n) is 9.32. The molecule has 5 heterocycles. The quantitative estimate of drug-likeness (QED) is 0.387. The van der Waals surface area contributed by atoms with Gasteiger partial charge in [-0.05, 0) is 49.9 Å². The van der Waals surface area contributed by atoms with Crippen LogP contribution >= 0.6 is 11.3 Å². The van der Waals surface area contributed by atoms with Crippen molar-refractivity contribution in [3.63, 3.8) is 0 Å². The summed E-state index contributed by atoms with van der Waals surface area (Å²) in [5, 5.41) is 15.2. The number of H-pyrrole nitrogens is 1. The van der Waals surface area contributed by atoms with E-state index in [1.54, 1.807) is 11.3 Å². The molecule has 4 aromatic rings. The predicted molar refractivity (Wildman–Crippen MR) is 134 cm³/mol. The van der Waals surface area contributed by atoms with E-state index in [0.29, 0.717) is 17.1 Å². The molecule has 0 aliphatic carbocycles. The summed E-state index contributed by atoms with van der Waals surface area (Å²) in [6, 6.07) is 10.2. The van der Waals surface area contributed by atoms with Gasteiger partial charge in [-0.3, -0.25) is 14.9 Å². The molecule has 2 aliphatic heterocycles. The molecule has 8 heteroatoms. The fourth-order valence-corrected chi connectivity index (χ4v) is 6.39. The fourth-order valence-electron chi connectivity index (χ4n) is 5.51. The van der Waals surface area contributed by atoms with Gasteiger partial charge in [0.15, 0.2) is 0 Å². The van der Waals surface area contributed by atoms with Gasteiger partial charge in [-0.1, -0.05) is 18.2 Å². The average molecular weight is 475 g/mol. The van der Waals surface area contributed by atoms with E-state index in [2.05, 4.69) is 32.9 Å². The molecule has 2 aliphatic rings. The Bertz CT molecular complexity index is 1460. The zero-order valence-corrected chi connectivity index (χ0v) is 19.7. The number of nitrogens with one attached hydrogen (secondary N) is 2. The Balaban J connectivity index is 1.47. The molecule has 3 N–H and O–H groups in total. The summed E-state index contributed by atoms with van der Waals surface area (Å²) in [6.07, 6.45) is 5.84. The highest BCUT2D eigenvalue weighted by Gasteiger charge is 2.35. The van der Waals surface area contributed by atoms with Crippen LogP contribution < -0.4 is 5.32 Å². The first-order chi connectivity index (χ1) is 16.5. The topological polar surface area (TPSA) is 90.4 Å². The lowest BCUT2D eigenvalue weighted by molar-refractivity contribution is -0.122. The Morgan fingerprint density at radius 1 is 1.12 bits per heavy atom. The summed E-state index contributed by atoms with van der Waals surface area (Å²) < 4.78 is 3.19. The van der Waals surface area contributed by atoms with Crippen molar-refractivity contribution in [2.45, 2.75) is 25.4 Å². The van der Waals surface area contributed by atoms with Crippen molar-refractivity contribution in [1.82, 2.24) is 19.8 Å². The molecule has 1 fully saturated rings. The number of aromatic amines is 1. The van der Waals surface area contributed by atoms with E-state index in [9.17, 15) is 14.7 Å². The summed E-state index contributed by atoms with van der Waals surface area (Å²) in [5.74, 6) is -0.277. The van der Waals surface area contributed by atoms with Gasteiger partial charge in [0.1, 0.15) is 0 Å². The smallest absolute Gasteiger partial charge is 0.259 e. The molecule has 6 rings (SSSR count). The number of piperidine rings is 1.